The van der Waals surface area contributed by atoms with Gasteiger partial charge < -0.3 is 4.57 Å². The summed E-state index contributed by atoms with van der Waals surface area (Å²) in [6.45, 7) is 0. The van der Waals surface area contributed by atoms with E-state index in [0.717, 1.165) is 33.3 Å². The lowest BCUT2D eigenvalue weighted by Crippen LogP contribution is -2.01. The molecule has 8 aromatic carbocycles. The van der Waals surface area contributed by atoms with Gasteiger partial charge in [-0.05, 0) is 62.7 Å². The lowest BCUT2D eigenvalue weighted by atomic mass is 9.98. The maximum Gasteiger partial charge on any atom is 0.164 e. The number of benzene rings is 8. The first-order valence-corrected chi connectivity index (χ1v) is 17.3. The molecular weight excluding hydrogens is 621 g/mol. The van der Waals surface area contributed by atoms with Gasteiger partial charge in [0, 0.05) is 38.5 Å². The fraction of sp³-hybridized carbons (Fsp3) is 0. The van der Waals surface area contributed by atoms with Crippen molar-refractivity contribution in [3.63, 3.8) is 0 Å². The number of fused-ring (bicyclic) bond motifs is 8. The summed E-state index contributed by atoms with van der Waals surface area (Å²) in [4.78, 5) is 15.5. The molecule has 0 fully saturated rings. The van der Waals surface area contributed by atoms with Gasteiger partial charge in [0.15, 0.2) is 17.5 Å². The molecule has 0 N–H and O–H groups in total. The third-order valence-corrected chi connectivity index (χ3v) is 10.4. The van der Waals surface area contributed by atoms with E-state index in [-0.39, 0.29) is 0 Å². The van der Waals surface area contributed by atoms with E-state index in [1.165, 1.54) is 54.7 Å². The second-order valence-corrected chi connectivity index (χ2v) is 13.2. The second kappa shape index (κ2) is 10.8. The van der Waals surface area contributed by atoms with Gasteiger partial charge in [0.1, 0.15) is 0 Å². The molecule has 0 aliphatic heterocycles. The first-order valence-electron chi connectivity index (χ1n) is 17.3. The molecule has 236 valence electrons. The topological polar surface area (TPSA) is 43.6 Å². The molecule has 0 bridgehead atoms. The minimum atomic E-state index is 0.637. The average molecular weight is 649 g/mol. The molecule has 0 atom stereocenters. The van der Waals surface area contributed by atoms with Gasteiger partial charge in [-0.25, -0.2) is 15.0 Å². The highest BCUT2D eigenvalue weighted by atomic mass is 15.0. The second-order valence-electron chi connectivity index (χ2n) is 13.2. The monoisotopic (exact) mass is 648 g/mol. The first-order chi connectivity index (χ1) is 25.3. The summed E-state index contributed by atoms with van der Waals surface area (Å²) >= 11 is 0. The lowest BCUT2D eigenvalue weighted by Gasteiger charge is -2.13. The lowest BCUT2D eigenvalue weighted by molar-refractivity contribution is 1.07. The van der Waals surface area contributed by atoms with Gasteiger partial charge in [0.2, 0.25) is 0 Å². The molecule has 11 rings (SSSR count). The zero-order chi connectivity index (χ0) is 33.5. The van der Waals surface area contributed by atoms with Crippen LogP contribution in [0.4, 0.5) is 0 Å². The molecule has 0 spiro atoms. The summed E-state index contributed by atoms with van der Waals surface area (Å²) in [7, 11) is 0. The van der Waals surface area contributed by atoms with Crippen LogP contribution >= 0.6 is 0 Å². The summed E-state index contributed by atoms with van der Waals surface area (Å²) < 4.78 is 2.39. The van der Waals surface area contributed by atoms with Crippen molar-refractivity contribution in [2.24, 2.45) is 0 Å². The molecule has 0 saturated heterocycles. The Morgan fingerprint density at radius 1 is 0.353 bits per heavy atom. The largest absolute Gasteiger partial charge is 0.309 e. The Balaban J connectivity index is 1.14. The van der Waals surface area contributed by atoms with Crippen molar-refractivity contribution in [2.75, 3.05) is 0 Å². The molecule has 4 heteroatoms. The van der Waals surface area contributed by atoms with Crippen LogP contribution in [-0.4, -0.2) is 19.5 Å². The fourth-order valence-corrected chi connectivity index (χ4v) is 8.13. The standard InChI is InChI=1S/C47H28N4/c1-2-13-30(14-3-1)45-48-46(50-47(49-45)41-27-26-39-35-19-7-6-18-34(35)37-21-11-22-38(41)43(37)39)31-15-10-16-32(28-31)51-42-23-9-8-20-36(42)40-25-24-29-12-4-5-17-33(29)44(40)51/h1-28H. The summed E-state index contributed by atoms with van der Waals surface area (Å²) in [5, 5.41) is 7.29. The Kier molecular flexibility index (Phi) is 5.92. The molecule has 0 amide bonds. The van der Waals surface area contributed by atoms with E-state index in [9.17, 15) is 0 Å². The van der Waals surface area contributed by atoms with E-state index in [1.54, 1.807) is 0 Å². The van der Waals surface area contributed by atoms with Crippen molar-refractivity contribution in [2.45, 2.75) is 0 Å². The van der Waals surface area contributed by atoms with Crippen LogP contribution in [0.15, 0.2) is 170 Å². The molecule has 0 unspecified atom stereocenters. The predicted molar refractivity (Wildman–Crippen MR) is 210 cm³/mol. The highest BCUT2D eigenvalue weighted by Gasteiger charge is 2.24. The van der Waals surface area contributed by atoms with Gasteiger partial charge in [-0.1, -0.05) is 146 Å². The average Bonchev–Trinajstić information content (AvgIpc) is 3.72. The van der Waals surface area contributed by atoms with E-state index >= 15 is 0 Å². The van der Waals surface area contributed by atoms with Gasteiger partial charge in [0.25, 0.3) is 0 Å². The normalized spacial score (nSPS) is 11.9. The third kappa shape index (κ3) is 4.17. The highest BCUT2D eigenvalue weighted by molar-refractivity contribution is 6.19. The van der Waals surface area contributed by atoms with E-state index in [4.69, 9.17) is 15.0 Å². The van der Waals surface area contributed by atoms with E-state index in [2.05, 4.69) is 156 Å². The minimum absolute atomic E-state index is 0.637. The summed E-state index contributed by atoms with van der Waals surface area (Å²) in [5.41, 5.74) is 11.3. The number of nitrogens with zero attached hydrogens (tertiary/aromatic N) is 4. The quantitative estimate of drug-likeness (QED) is 0.191. The van der Waals surface area contributed by atoms with Crippen molar-refractivity contribution in [3.8, 4) is 62.1 Å². The Hall–Kier alpha value is -6.91. The number of hydrogen-bond donors (Lipinski definition) is 0. The Morgan fingerprint density at radius 3 is 1.82 bits per heavy atom. The number of aromatic nitrogens is 4. The van der Waals surface area contributed by atoms with Gasteiger partial charge in [0.05, 0.1) is 11.0 Å². The minimum Gasteiger partial charge on any atom is -0.309 e. The summed E-state index contributed by atoms with van der Waals surface area (Å²) in [5.74, 6) is 1.94. The summed E-state index contributed by atoms with van der Waals surface area (Å²) in [6, 6.07) is 60.2. The SMILES string of the molecule is c1ccc(-c2nc(-c3cccc(-n4c5ccccc5c5ccc6ccccc6c54)c3)nc(-c3ccc4c5c(cccc35)-c3ccccc3-4)n2)cc1. The summed E-state index contributed by atoms with van der Waals surface area (Å²) in [6.07, 6.45) is 0. The number of rotatable bonds is 4. The zero-order valence-corrected chi connectivity index (χ0v) is 27.5. The van der Waals surface area contributed by atoms with Crippen LogP contribution in [0.2, 0.25) is 0 Å². The smallest absolute Gasteiger partial charge is 0.164 e. The van der Waals surface area contributed by atoms with Crippen molar-refractivity contribution in [1.82, 2.24) is 19.5 Å². The van der Waals surface area contributed by atoms with Crippen LogP contribution in [-0.2, 0) is 0 Å². The zero-order valence-electron chi connectivity index (χ0n) is 27.5. The van der Waals surface area contributed by atoms with Crippen molar-refractivity contribution < 1.29 is 0 Å². The molecule has 2 aromatic heterocycles. The molecule has 51 heavy (non-hydrogen) atoms. The fourth-order valence-electron chi connectivity index (χ4n) is 8.13. The predicted octanol–water partition coefficient (Wildman–Crippen LogP) is 11.9. The van der Waals surface area contributed by atoms with Crippen LogP contribution in [0.25, 0.3) is 105 Å². The molecule has 0 radical (unpaired) electrons. The highest BCUT2D eigenvalue weighted by Crippen LogP contribution is 2.49. The first kappa shape index (κ1) is 28.0. The van der Waals surface area contributed by atoms with E-state index < -0.39 is 0 Å². The van der Waals surface area contributed by atoms with Crippen LogP contribution < -0.4 is 0 Å². The van der Waals surface area contributed by atoms with E-state index in [1.807, 2.05) is 18.2 Å². The number of para-hydroxylation sites is 1. The molecule has 10 aromatic rings. The maximum atomic E-state index is 5.24. The molecule has 4 nitrogen and oxygen atoms in total. The van der Waals surface area contributed by atoms with Crippen molar-refractivity contribution >= 4 is 43.4 Å². The van der Waals surface area contributed by atoms with E-state index in [0.29, 0.717) is 17.5 Å². The molecular formula is C47H28N4. The van der Waals surface area contributed by atoms with Crippen LogP contribution in [0.5, 0.6) is 0 Å². The van der Waals surface area contributed by atoms with Crippen LogP contribution in [0, 0.1) is 0 Å². The van der Waals surface area contributed by atoms with Crippen LogP contribution in [0.3, 0.4) is 0 Å². The number of hydrogen-bond acceptors (Lipinski definition) is 3. The molecule has 0 saturated carbocycles. The van der Waals surface area contributed by atoms with Gasteiger partial charge >= 0.3 is 0 Å². The Morgan fingerprint density at radius 2 is 0.961 bits per heavy atom. The van der Waals surface area contributed by atoms with Gasteiger partial charge in [-0.15, -0.1) is 0 Å². The Bertz CT molecular complexity index is 3000. The van der Waals surface area contributed by atoms with Gasteiger partial charge in [-0.3, -0.25) is 0 Å². The Labute approximate surface area is 294 Å². The van der Waals surface area contributed by atoms with Crippen molar-refractivity contribution in [3.05, 3.63) is 170 Å². The van der Waals surface area contributed by atoms with Gasteiger partial charge in [-0.2, -0.15) is 0 Å². The van der Waals surface area contributed by atoms with Crippen LogP contribution in [0.1, 0.15) is 0 Å². The third-order valence-electron chi connectivity index (χ3n) is 10.4. The molecule has 1 aliphatic carbocycles. The van der Waals surface area contributed by atoms with Crippen molar-refractivity contribution in [1.29, 1.82) is 0 Å². The maximum absolute atomic E-state index is 5.24. The molecule has 2 heterocycles. The molecule has 1 aliphatic rings.